The molecule has 31 heavy (non-hydrogen) atoms. The average molecular weight is 486 g/mol. The summed E-state index contributed by atoms with van der Waals surface area (Å²) < 4.78 is 15.6. The van der Waals surface area contributed by atoms with Crippen molar-refractivity contribution in [1.82, 2.24) is 9.88 Å². The Morgan fingerprint density at radius 2 is 2.03 bits per heavy atom. The number of fused-ring (bicyclic) bond motifs is 1. The highest BCUT2D eigenvalue weighted by atomic mass is 79.9. The number of likely N-dealkylation sites (tertiary alicyclic amines) is 1. The average Bonchev–Trinajstić information content (AvgIpc) is 3.56. The number of hydrogen-bond donors (Lipinski definition) is 1. The van der Waals surface area contributed by atoms with Crippen molar-refractivity contribution in [3.8, 4) is 0 Å². The predicted molar refractivity (Wildman–Crippen MR) is 126 cm³/mol. The first kappa shape index (κ1) is 21.1. The molecule has 1 aromatic heterocycles. The van der Waals surface area contributed by atoms with Gasteiger partial charge in [-0.15, -0.1) is 0 Å². The molecule has 4 nitrogen and oxygen atoms in total. The zero-order chi connectivity index (χ0) is 21.6. The standard InChI is InChI=1S/C25H29BrFN3O/c1-2-25(27)11-12-30(15-25)19-8-6-18(7-9-19)29-23-20-13-17(26)5-10-22(20)28-14-21(23)24(31)16-3-4-16/h2,5,10,13-14,16,18-19H,1,3-4,6-9,11-12,15H2,(H,28,29). The van der Waals surface area contributed by atoms with Gasteiger partial charge in [0.2, 0.25) is 0 Å². The molecule has 1 N–H and O–H groups in total. The molecule has 0 amide bonds. The van der Waals surface area contributed by atoms with Crippen LogP contribution >= 0.6 is 15.9 Å². The Labute approximate surface area is 191 Å². The zero-order valence-electron chi connectivity index (χ0n) is 17.7. The quantitative estimate of drug-likeness (QED) is 0.407. The van der Waals surface area contributed by atoms with Crippen LogP contribution in [0.4, 0.5) is 10.1 Å². The number of Topliss-reactive ketones (excluding diaryl/α,β-unsaturated/α-hetero) is 1. The van der Waals surface area contributed by atoms with Crippen molar-refractivity contribution in [3.63, 3.8) is 0 Å². The second-order valence-corrected chi connectivity index (χ2v) is 10.4. The molecular formula is C25H29BrFN3O. The van der Waals surface area contributed by atoms with Gasteiger partial charge in [-0.1, -0.05) is 28.6 Å². The minimum absolute atomic E-state index is 0.156. The maximum Gasteiger partial charge on any atom is 0.169 e. The van der Waals surface area contributed by atoms with Gasteiger partial charge in [-0.3, -0.25) is 14.7 Å². The Bertz CT molecular complexity index is 1020. The number of aromatic nitrogens is 1. The lowest BCUT2D eigenvalue weighted by Gasteiger charge is -2.35. The third kappa shape index (κ3) is 4.29. The number of pyridine rings is 1. The maximum atomic E-state index is 14.6. The number of anilines is 1. The largest absolute Gasteiger partial charge is 0.381 e. The molecule has 3 fully saturated rings. The molecule has 0 radical (unpaired) electrons. The molecule has 0 bridgehead atoms. The second-order valence-electron chi connectivity index (χ2n) is 9.46. The molecule has 1 aromatic carbocycles. The lowest BCUT2D eigenvalue weighted by atomic mass is 9.89. The van der Waals surface area contributed by atoms with Crippen molar-refractivity contribution in [2.75, 3.05) is 18.4 Å². The van der Waals surface area contributed by atoms with E-state index >= 15 is 0 Å². The molecule has 1 saturated heterocycles. The minimum atomic E-state index is -1.23. The second kappa shape index (κ2) is 8.28. The molecule has 2 heterocycles. The van der Waals surface area contributed by atoms with E-state index in [0.29, 0.717) is 25.0 Å². The molecule has 164 valence electrons. The van der Waals surface area contributed by atoms with E-state index in [1.165, 1.54) is 6.08 Å². The lowest BCUT2D eigenvalue weighted by Crippen LogP contribution is -2.40. The van der Waals surface area contributed by atoms with Crippen molar-refractivity contribution < 1.29 is 9.18 Å². The van der Waals surface area contributed by atoms with Crippen molar-refractivity contribution in [1.29, 1.82) is 0 Å². The normalized spacial score (nSPS) is 29.2. The van der Waals surface area contributed by atoms with Crippen LogP contribution in [-0.2, 0) is 0 Å². The maximum absolute atomic E-state index is 14.6. The Kier molecular flexibility index (Phi) is 5.63. The smallest absolute Gasteiger partial charge is 0.169 e. The molecular weight excluding hydrogens is 457 g/mol. The van der Waals surface area contributed by atoms with Gasteiger partial charge in [0.15, 0.2) is 5.78 Å². The molecule has 1 unspecified atom stereocenters. The van der Waals surface area contributed by atoms with E-state index in [1.54, 1.807) is 6.20 Å². The van der Waals surface area contributed by atoms with Crippen LogP contribution in [0.3, 0.4) is 0 Å². The van der Waals surface area contributed by atoms with E-state index in [4.69, 9.17) is 0 Å². The van der Waals surface area contributed by atoms with Gasteiger partial charge in [0.1, 0.15) is 5.67 Å². The van der Waals surface area contributed by atoms with Crippen LogP contribution in [0.5, 0.6) is 0 Å². The van der Waals surface area contributed by atoms with Gasteiger partial charge in [0.05, 0.1) is 16.8 Å². The van der Waals surface area contributed by atoms with E-state index in [1.807, 2.05) is 12.1 Å². The Balaban J connectivity index is 1.34. The van der Waals surface area contributed by atoms with E-state index in [0.717, 1.165) is 71.7 Å². The molecule has 6 heteroatoms. The topological polar surface area (TPSA) is 45.2 Å². The summed E-state index contributed by atoms with van der Waals surface area (Å²) in [5, 5.41) is 4.73. The number of nitrogens with zero attached hydrogens (tertiary/aromatic N) is 2. The number of hydrogen-bond acceptors (Lipinski definition) is 4. The molecule has 3 aliphatic rings. The number of alkyl halides is 1. The number of benzene rings is 1. The predicted octanol–water partition coefficient (Wildman–Crippen LogP) is 5.91. The molecule has 1 aliphatic heterocycles. The Morgan fingerprint density at radius 3 is 2.71 bits per heavy atom. The monoisotopic (exact) mass is 485 g/mol. The van der Waals surface area contributed by atoms with Crippen LogP contribution in [-0.4, -0.2) is 46.5 Å². The summed E-state index contributed by atoms with van der Waals surface area (Å²) in [6, 6.07) is 6.77. The van der Waals surface area contributed by atoms with Crippen LogP contribution in [0.1, 0.15) is 55.3 Å². The highest BCUT2D eigenvalue weighted by Crippen LogP contribution is 2.39. The van der Waals surface area contributed by atoms with E-state index in [-0.39, 0.29) is 11.7 Å². The van der Waals surface area contributed by atoms with Gasteiger partial charge in [0.25, 0.3) is 0 Å². The summed E-state index contributed by atoms with van der Waals surface area (Å²) in [4.78, 5) is 19.8. The SMILES string of the molecule is C=CC1(F)CCN(C2CCC(Nc3c(C(=O)C4CC4)cnc4ccc(Br)cc34)CC2)C1. The van der Waals surface area contributed by atoms with Gasteiger partial charge >= 0.3 is 0 Å². The van der Waals surface area contributed by atoms with Gasteiger partial charge in [0, 0.05) is 47.1 Å². The third-order valence-electron chi connectivity index (χ3n) is 7.25. The van der Waals surface area contributed by atoms with Crippen LogP contribution < -0.4 is 5.32 Å². The van der Waals surface area contributed by atoms with E-state index in [9.17, 15) is 9.18 Å². The van der Waals surface area contributed by atoms with Crippen molar-refractivity contribution in [2.24, 2.45) is 5.92 Å². The number of nitrogens with one attached hydrogen (secondary N) is 1. The van der Waals surface area contributed by atoms with Crippen molar-refractivity contribution in [2.45, 2.75) is 62.7 Å². The summed E-state index contributed by atoms with van der Waals surface area (Å²) in [5.74, 6) is 0.370. The molecule has 2 aliphatic carbocycles. The Morgan fingerprint density at radius 1 is 1.26 bits per heavy atom. The van der Waals surface area contributed by atoms with Crippen LogP contribution in [0.15, 0.2) is 41.5 Å². The summed E-state index contributed by atoms with van der Waals surface area (Å²) in [7, 11) is 0. The summed E-state index contributed by atoms with van der Waals surface area (Å²) in [6.45, 7) is 4.96. The number of carbonyl (C=O) groups is 1. The third-order valence-corrected chi connectivity index (χ3v) is 7.74. The van der Waals surface area contributed by atoms with Crippen molar-refractivity contribution in [3.05, 3.63) is 47.1 Å². The Hall–Kier alpha value is -1.79. The lowest BCUT2D eigenvalue weighted by molar-refractivity contribution is 0.0968. The van der Waals surface area contributed by atoms with Gasteiger partial charge in [-0.2, -0.15) is 0 Å². The van der Waals surface area contributed by atoms with Crippen molar-refractivity contribution >= 4 is 38.3 Å². The van der Waals surface area contributed by atoms with E-state index in [2.05, 4.69) is 43.8 Å². The fraction of sp³-hybridized carbons (Fsp3) is 0.520. The number of ketones is 1. The molecule has 1 atom stereocenters. The number of halogens is 2. The van der Waals surface area contributed by atoms with E-state index < -0.39 is 5.67 Å². The van der Waals surface area contributed by atoms with Crippen LogP contribution in [0.2, 0.25) is 0 Å². The fourth-order valence-electron chi connectivity index (χ4n) is 5.17. The zero-order valence-corrected chi connectivity index (χ0v) is 19.3. The number of carbonyl (C=O) groups excluding carboxylic acids is 1. The summed E-state index contributed by atoms with van der Waals surface area (Å²) in [6.07, 6.45) is 9.88. The van der Waals surface area contributed by atoms with Gasteiger partial charge < -0.3 is 5.32 Å². The molecule has 2 saturated carbocycles. The first-order valence-corrected chi connectivity index (χ1v) is 12.2. The van der Waals surface area contributed by atoms with Gasteiger partial charge in [-0.25, -0.2) is 4.39 Å². The highest BCUT2D eigenvalue weighted by molar-refractivity contribution is 9.10. The van der Waals surface area contributed by atoms with Gasteiger partial charge in [-0.05, 0) is 63.1 Å². The number of rotatable bonds is 6. The minimum Gasteiger partial charge on any atom is -0.381 e. The first-order chi connectivity index (χ1) is 15.0. The van der Waals surface area contributed by atoms with Crippen LogP contribution in [0.25, 0.3) is 10.9 Å². The molecule has 0 spiro atoms. The van der Waals surface area contributed by atoms with Crippen LogP contribution in [0, 0.1) is 5.92 Å². The summed E-state index contributed by atoms with van der Waals surface area (Å²) in [5.41, 5.74) is 1.33. The summed E-state index contributed by atoms with van der Waals surface area (Å²) >= 11 is 3.57. The molecule has 5 rings (SSSR count). The highest BCUT2D eigenvalue weighted by Gasteiger charge is 2.39. The first-order valence-electron chi connectivity index (χ1n) is 11.4. The molecule has 2 aromatic rings. The fourth-order valence-corrected chi connectivity index (χ4v) is 5.53.